The summed E-state index contributed by atoms with van der Waals surface area (Å²) in [6.07, 6.45) is 12.5. The summed E-state index contributed by atoms with van der Waals surface area (Å²) >= 11 is 0. The second kappa shape index (κ2) is 7.72. The standard InChI is InChI=1S/C19H30/c1-3-5-7-17-10-14-19(15-11-17)18-12-8-16(6-4-2)9-13-18/h8-9,12-13,17,19H,3-7,10-11,14-15H2,1-2H3. The van der Waals surface area contributed by atoms with Gasteiger partial charge in [-0.3, -0.25) is 0 Å². The highest BCUT2D eigenvalue weighted by Crippen LogP contribution is 2.37. The van der Waals surface area contributed by atoms with Crippen LogP contribution < -0.4 is 0 Å². The van der Waals surface area contributed by atoms with Crippen LogP contribution in [0.2, 0.25) is 0 Å². The van der Waals surface area contributed by atoms with Crippen molar-refractivity contribution in [2.45, 2.75) is 77.6 Å². The van der Waals surface area contributed by atoms with E-state index in [-0.39, 0.29) is 0 Å². The zero-order valence-electron chi connectivity index (χ0n) is 12.8. The van der Waals surface area contributed by atoms with Crippen LogP contribution >= 0.6 is 0 Å². The van der Waals surface area contributed by atoms with E-state index < -0.39 is 0 Å². The molecule has 0 atom stereocenters. The molecule has 1 aromatic rings. The molecule has 0 bridgehead atoms. The Morgan fingerprint density at radius 1 is 0.895 bits per heavy atom. The second-order valence-electron chi connectivity index (χ2n) is 6.35. The van der Waals surface area contributed by atoms with E-state index in [1.807, 2.05) is 0 Å². The number of rotatable bonds is 6. The van der Waals surface area contributed by atoms with Gasteiger partial charge in [-0.25, -0.2) is 0 Å². The van der Waals surface area contributed by atoms with Crippen molar-refractivity contribution in [3.63, 3.8) is 0 Å². The molecule has 1 aromatic carbocycles. The first-order valence-electron chi connectivity index (χ1n) is 8.42. The maximum atomic E-state index is 2.39. The first kappa shape index (κ1) is 14.6. The van der Waals surface area contributed by atoms with Gasteiger partial charge in [0.2, 0.25) is 0 Å². The third-order valence-electron chi connectivity index (χ3n) is 4.80. The molecule has 0 heterocycles. The molecule has 0 nitrogen and oxygen atoms in total. The first-order valence-corrected chi connectivity index (χ1v) is 8.42. The quantitative estimate of drug-likeness (QED) is 0.578. The molecule has 1 fully saturated rings. The van der Waals surface area contributed by atoms with Gasteiger partial charge in [0.25, 0.3) is 0 Å². The highest BCUT2D eigenvalue weighted by molar-refractivity contribution is 5.25. The van der Waals surface area contributed by atoms with Crippen LogP contribution in [0.4, 0.5) is 0 Å². The molecule has 0 heteroatoms. The van der Waals surface area contributed by atoms with Gasteiger partial charge in [0, 0.05) is 0 Å². The Bertz CT molecular complexity index is 341. The average molecular weight is 258 g/mol. The van der Waals surface area contributed by atoms with E-state index in [2.05, 4.69) is 38.1 Å². The lowest BCUT2D eigenvalue weighted by molar-refractivity contribution is 0.304. The highest BCUT2D eigenvalue weighted by atomic mass is 14.3. The summed E-state index contributed by atoms with van der Waals surface area (Å²) in [4.78, 5) is 0. The minimum Gasteiger partial charge on any atom is -0.0654 e. The number of benzene rings is 1. The molecule has 1 saturated carbocycles. The zero-order valence-corrected chi connectivity index (χ0v) is 12.8. The molecule has 2 rings (SSSR count). The van der Waals surface area contributed by atoms with Crippen LogP contribution in [-0.2, 0) is 6.42 Å². The molecule has 0 aromatic heterocycles. The second-order valence-corrected chi connectivity index (χ2v) is 6.35. The Kier molecular flexibility index (Phi) is 5.94. The average Bonchev–Trinajstić information content (AvgIpc) is 2.47. The maximum absolute atomic E-state index is 2.39. The summed E-state index contributed by atoms with van der Waals surface area (Å²) in [5.41, 5.74) is 3.09. The van der Waals surface area contributed by atoms with E-state index in [1.54, 1.807) is 5.56 Å². The molecule has 0 spiro atoms. The molecule has 0 unspecified atom stereocenters. The SMILES string of the molecule is CCCCC1CCC(c2ccc(CCC)cc2)CC1. The van der Waals surface area contributed by atoms with Gasteiger partial charge in [0.1, 0.15) is 0 Å². The van der Waals surface area contributed by atoms with Gasteiger partial charge < -0.3 is 0 Å². The lowest BCUT2D eigenvalue weighted by Crippen LogP contribution is -2.13. The van der Waals surface area contributed by atoms with Gasteiger partial charge in [0.15, 0.2) is 0 Å². The molecule has 1 aliphatic rings. The Balaban J connectivity index is 1.83. The van der Waals surface area contributed by atoms with Crippen LogP contribution in [0.25, 0.3) is 0 Å². The Hall–Kier alpha value is -0.780. The maximum Gasteiger partial charge on any atom is -0.0162 e. The molecule has 0 radical (unpaired) electrons. The van der Waals surface area contributed by atoms with Crippen molar-refractivity contribution in [3.05, 3.63) is 35.4 Å². The molecule has 106 valence electrons. The lowest BCUT2D eigenvalue weighted by atomic mass is 9.77. The fourth-order valence-electron chi connectivity index (χ4n) is 3.52. The van der Waals surface area contributed by atoms with Crippen molar-refractivity contribution in [2.24, 2.45) is 5.92 Å². The molecule has 0 aliphatic heterocycles. The smallest absolute Gasteiger partial charge is 0.0162 e. The van der Waals surface area contributed by atoms with Crippen molar-refractivity contribution >= 4 is 0 Å². The molecule has 0 saturated heterocycles. The molecule has 1 aliphatic carbocycles. The van der Waals surface area contributed by atoms with Crippen molar-refractivity contribution in [3.8, 4) is 0 Å². The molecular formula is C19H30. The van der Waals surface area contributed by atoms with Crippen molar-refractivity contribution in [1.29, 1.82) is 0 Å². The number of hydrogen-bond acceptors (Lipinski definition) is 0. The van der Waals surface area contributed by atoms with Crippen molar-refractivity contribution in [2.75, 3.05) is 0 Å². The normalized spacial score (nSPS) is 23.5. The Morgan fingerprint density at radius 2 is 1.58 bits per heavy atom. The zero-order chi connectivity index (χ0) is 13.5. The fraction of sp³-hybridized carbons (Fsp3) is 0.684. The fourth-order valence-corrected chi connectivity index (χ4v) is 3.52. The molecule has 0 amide bonds. The Labute approximate surface area is 119 Å². The van der Waals surface area contributed by atoms with Gasteiger partial charge in [0.05, 0.1) is 0 Å². The van der Waals surface area contributed by atoms with Crippen LogP contribution in [-0.4, -0.2) is 0 Å². The van der Waals surface area contributed by atoms with E-state index in [9.17, 15) is 0 Å². The van der Waals surface area contributed by atoms with Crippen LogP contribution in [0, 0.1) is 5.92 Å². The third-order valence-corrected chi connectivity index (χ3v) is 4.80. The molecule has 0 N–H and O–H groups in total. The summed E-state index contributed by atoms with van der Waals surface area (Å²) in [7, 11) is 0. The number of unbranched alkanes of at least 4 members (excludes halogenated alkanes) is 1. The van der Waals surface area contributed by atoms with E-state index in [0.29, 0.717) is 0 Å². The van der Waals surface area contributed by atoms with Crippen LogP contribution in [0.3, 0.4) is 0 Å². The summed E-state index contributed by atoms with van der Waals surface area (Å²) in [5, 5.41) is 0. The van der Waals surface area contributed by atoms with Crippen LogP contribution in [0.5, 0.6) is 0 Å². The summed E-state index contributed by atoms with van der Waals surface area (Å²) in [5.74, 6) is 1.86. The lowest BCUT2D eigenvalue weighted by Gasteiger charge is -2.29. The van der Waals surface area contributed by atoms with E-state index in [0.717, 1.165) is 11.8 Å². The van der Waals surface area contributed by atoms with Gasteiger partial charge >= 0.3 is 0 Å². The van der Waals surface area contributed by atoms with Crippen LogP contribution in [0.15, 0.2) is 24.3 Å². The predicted octanol–water partition coefficient (Wildman–Crippen LogP) is 6.10. The number of hydrogen-bond donors (Lipinski definition) is 0. The minimum absolute atomic E-state index is 0.841. The van der Waals surface area contributed by atoms with Gasteiger partial charge in [-0.1, -0.05) is 63.8 Å². The van der Waals surface area contributed by atoms with Gasteiger partial charge in [-0.15, -0.1) is 0 Å². The molecule has 19 heavy (non-hydrogen) atoms. The Morgan fingerprint density at radius 3 is 2.16 bits per heavy atom. The van der Waals surface area contributed by atoms with E-state index in [1.165, 1.54) is 63.4 Å². The summed E-state index contributed by atoms with van der Waals surface area (Å²) < 4.78 is 0. The highest BCUT2D eigenvalue weighted by Gasteiger charge is 2.21. The molecular weight excluding hydrogens is 228 g/mol. The van der Waals surface area contributed by atoms with Crippen molar-refractivity contribution < 1.29 is 0 Å². The van der Waals surface area contributed by atoms with E-state index in [4.69, 9.17) is 0 Å². The summed E-state index contributed by atoms with van der Waals surface area (Å²) in [6, 6.07) is 9.48. The first-order chi connectivity index (χ1) is 9.33. The van der Waals surface area contributed by atoms with Gasteiger partial charge in [-0.2, -0.15) is 0 Å². The minimum atomic E-state index is 0.841. The monoisotopic (exact) mass is 258 g/mol. The van der Waals surface area contributed by atoms with Crippen molar-refractivity contribution in [1.82, 2.24) is 0 Å². The van der Waals surface area contributed by atoms with E-state index >= 15 is 0 Å². The predicted molar refractivity (Wildman–Crippen MR) is 84.7 cm³/mol. The topological polar surface area (TPSA) is 0 Å². The summed E-state index contributed by atoms with van der Waals surface area (Å²) in [6.45, 7) is 4.56. The largest absolute Gasteiger partial charge is 0.0654 e. The van der Waals surface area contributed by atoms with Gasteiger partial charge in [-0.05, 0) is 55.1 Å². The number of aryl methyl sites for hydroxylation is 1. The third kappa shape index (κ3) is 4.37. The van der Waals surface area contributed by atoms with Crippen LogP contribution in [0.1, 0.15) is 82.3 Å².